The normalized spacial score (nSPS) is 16.9. The molecule has 1 aliphatic heterocycles. The molecule has 0 fully saturated rings. The van der Waals surface area contributed by atoms with Gasteiger partial charge in [0, 0.05) is 17.5 Å². The van der Waals surface area contributed by atoms with Crippen LogP contribution in [0.25, 0.3) is 10.8 Å². The zero-order valence-electron chi connectivity index (χ0n) is 13.5. The van der Waals surface area contributed by atoms with Crippen molar-refractivity contribution in [1.82, 2.24) is 9.55 Å². The van der Waals surface area contributed by atoms with Crippen LogP contribution in [0.5, 0.6) is 0 Å². The van der Waals surface area contributed by atoms with Crippen LogP contribution >= 0.6 is 11.8 Å². The van der Waals surface area contributed by atoms with Crippen molar-refractivity contribution in [1.29, 1.82) is 0 Å². The standard InChI is InChI=1S/C18H16N2O3S2/c1-12-8-17(21)20-15(10-24-18(20)19-12)11-25(22,23)16-7-6-13-4-2-3-5-14(13)9-16/h2-9,15H,10-11H2,1H3/t15-/m1/s1. The van der Waals surface area contributed by atoms with Gasteiger partial charge >= 0.3 is 0 Å². The molecule has 0 N–H and O–H groups in total. The van der Waals surface area contributed by atoms with Crippen LogP contribution in [0.15, 0.2) is 63.4 Å². The highest BCUT2D eigenvalue weighted by Gasteiger charge is 2.30. The Balaban J connectivity index is 1.70. The molecule has 2 heterocycles. The first-order valence-corrected chi connectivity index (χ1v) is 10.5. The fourth-order valence-corrected chi connectivity index (χ4v) is 5.99. The van der Waals surface area contributed by atoms with Crippen molar-refractivity contribution in [2.45, 2.75) is 23.0 Å². The average Bonchev–Trinajstić information content (AvgIpc) is 2.96. The van der Waals surface area contributed by atoms with E-state index in [-0.39, 0.29) is 16.2 Å². The molecule has 2 aromatic carbocycles. The number of fused-ring (bicyclic) bond motifs is 2. The number of aromatic nitrogens is 2. The summed E-state index contributed by atoms with van der Waals surface area (Å²) in [4.78, 5) is 16.9. The average molecular weight is 372 g/mol. The zero-order chi connectivity index (χ0) is 17.6. The van der Waals surface area contributed by atoms with E-state index >= 15 is 0 Å². The third-order valence-corrected chi connectivity index (χ3v) is 7.20. The van der Waals surface area contributed by atoms with Gasteiger partial charge in [0.15, 0.2) is 15.0 Å². The second-order valence-corrected chi connectivity index (χ2v) is 9.16. The van der Waals surface area contributed by atoms with Crippen LogP contribution in [0.4, 0.5) is 0 Å². The lowest BCUT2D eigenvalue weighted by Crippen LogP contribution is -2.29. The maximum Gasteiger partial charge on any atom is 0.254 e. The Hall–Kier alpha value is -2.12. The summed E-state index contributed by atoms with van der Waals surface area (Å²) in [5.41, 5.74) is 0.466. The first kappa shape index (κ1) is 16.4. The number of thioether (sulfide) groups is 1. The molecule has 128 valence electrons. The van der Waals surface area contributed by atoms with Crippen LogP contribution in [0.2, 0.25) is 0 Å². The third-order valence-electron chi connectivity index (χ3n) is 4.31. The summed E-state index contributed by atoms with van der Waals surface area (Å²) in [5, 5.41) is 2.49. The first-order valence-electron chi connectivity index (χ1n) is 7.88. The minimum Gasteiger partial charge on any atom is -0.283 e. The minimum absolute atomic E-state index is 0.101. The molecular weight excluding hydrogens is 356 g/mol. The molecular formula is C18H16N2O3S2. The van der Waals surface area contributed by atoms with Crippen LogP contribution in [0.1, 0.15) is 11.7 Å². The van der Waals surface area contributed by atoms with Gasteiger partial charge in [-0.2, -0.15) is 0 Å². The number of aryl methyl sites for hydroxylation is 1. The van der Waals surface area contributed by atoms with Crippen LogP contribution in [0, 0.1) is 6.92 Å². The molecule has 0 saturated heterocycles. The van der Waals surface area contributed by atoms with Crippen LogP contribution in [-0.2, 0) is 9.84 Å². The Morgan fingerprint density at radius 1 is 1.16 bits per heavy atom. The van der Waals surface area contributed by atoms with Crippen molar-refractivity contribution >= 4 is 32.4 Å². The van der Waals surface area contributed by atoms with Gasteiger partial charge in [-0.3, -0.25) is 9.36 Å². The maximum atomic E-state index is 12.9. The van der Waals surface area contributed by atoms with E-state index in [0.29, 0.717) is 16.6 Å². The van der Waals surface area contributed by atoms with Gasteiger partial charge < -0.3 is 0 Å². The molecule has 0 aliphatic carbocycles. The number of hydrogen-bond acceptors (Lipinski definition) is 5. The molecule has 1 aliphatic rings. The number of hydrogen-bond donors (Lipinski definition) is 0. The quantitative estimate of drug-likeness (QED) is 0.661. The summed E-state index contributed by atoms with van der Waals surface area (Å²) in [6.07, 6.45) is 0. The Labute approximate surface area is 149 Å². The van der Waals surface area contributed by atoms with Gasteiger partial charge in [0.1, 0.15) is 0 Å². The van der Waals surface area contributed by atoms with E-state index in [0.717, 1.165) is 10.8 Å². The van der Waals surface area contributed by atoms with Gasteiger partial charge in [0.05, 0.1) is 16.7 Å². The van der Waals surface area contributed by atoms with Crippen LogP contribution < -0.4 is 5.56 Å². The summed E-state index contributed by atoms with van der Waals surface area (Å²) >= 11 is 1.43. The molecule has 7 heteroatoms. The highest BCUT2D eigenvalue weighted by Crippen LogP contribution is 2.32. The second kappa shape index (κ2) is 6.00. The monoisotopic (exact) mass is 372 g/mol. The van der Waals surface area contributed by atoms with E-state index < -0.39 is 15.9 Å². The molecule has 1 atom stereocenters. The maximum absolute atomic E-state index is 12.9. The molecule has 25 heavy (non-hydrogen) atoms. The highest BCUT2D eigenvalue weighted by molar-refractivity contribution is 7.99. The molecule has 3 aromatic rings. The van der Waals surface area contributed by atoms with Crippen molar-refractivity contribution in [2.75, 3.05) is 11.5 Å². The molecule has 0 radical (unpaired) electrons. The lowest BCUT2D eigenvalue weighted by Gasteiger charge is -2.14. The minimum atomic E-state index is -3.51. The highest BCUT2D eigenvalue weighted by atomic mass is 32.2. The van der Waals surface area contributed by atoms with Crippen molar-refractivity contribution < 1.29 is 8.42 Å². The fourth-order valence-electron chi connectivity index (χ4n) is 3.10. The summed E-state index contributed by atoms with van der Waals surface area (Å²) < 4.78 is 27.3. The van der Waals surface area contributed by atoms with Crippen LogP contribution in [-0.4, -0.2) is 29.5 Å². The Bertz CT molecular complexity index is 1140. The molecule has 0 unspecified atom stereocenters. The van der Waals surface area contributed by atoms with Gasteiger partial charge in [0.2, 0.25) is 0 Å². The largest absolute Gasteiger partial charge is 0.283 e. The van der Waals surface area contributed by atoms with E-state index in [1.807, 2.05) is 30.3 Å². The van der Waals surface area contributed by atoms with Gasteiger partial charge in [-0.15, -0.1) is 0 Å². The molecule has 0 saturated carbocycles. The SMILES string of the molecule is Cc1cc(=O)n2c(n1)SC[C@@H]2CS(=O)(=O)c1ccc2ccccc2c1. The van der Waals surface area contributed by atoms with Gasteiger partial charge in [-0.05, 0) is 29.8 Å². The smallest absolute Gasteiger partial charge is 0.254 e. The second-order valence-electron chi connectivity index (χ2n) is 6.14. The number of rotatable bonds is 3. The van der Waals surface area contributed by atoms with E-state index in [1.54, 1.807) is 19.1 Å². The lowest BCUT2D eigenvalue weighted by atomic mass is 10.1. The summed E-state index contributed by atoms with van der Waals surface area (Å²) in [5.74, 6) is 0.439. The van der Waals surface area contributed by atoms with Crippen LogP contribution in [0.3, 0.4) is 0 Å². The lowest BCUT2D eigenvalue weighted by molar-refractivity contribution is 0.525. The zero-order valence-corrected chi connectivity index (χ0v) is 15.2. The topological polar surface area (TPSA) is 69.0 Å². The van der Waals surface area contributed by atoms with E-state index in [4.69, 9.17) is 0 Å². The molecule has 4 rings (SSSR count). The summed E-state index contributed by atoms with van der Waals surface area (Å²) in [6, 6.07) is 13.9. The van der Waals surface area contributed by atoms with E-state index in [1.165, 1.54) is 22.4 Å². The first-order chi connectivity index (χ1) is 11.9. The summed E-state index contributed by atoms with van der Waals surface area (Å²) in [6.45, 7) is 1.77. The predicted octanol–water partition coefficient (Wildman–Crippen LogP) is 2.83. The van der Waals surface area contributed by atoms with Gasteiger partial charge in [-0.25, -0.2) is 13.4 Å². The Morgan fingerprint density at radius 2 is 1.92 bits per heavy atom. The number of nitrogens with zero attached hydrogens (tertiary/aromatic N) is 2. The molecule has 5 nitrogen and oxygen atoms in total. The van der Waals surface area contributed by atoms with E-state index in [9.17, 15) is 13.2 Å². The van der Waals surface area contributed by atoms with Crippen molar-refractivity contribution in [3.05, 3.63) is 64.6 Å². The number of benzene rings is 2. The van der Waals surface area contributed by atoms with Crippen molar-refractivity contribution in [3.8, 4) is 0 Å². The molecule has 0 bridgehead atoms. The third kappa shape index (κ3) is 2.98. The fraction of sp³-hybridized carbons (Fsp3) is 0.222. The molecule has 1 aromatic heterocycles. The van der Waals surface area contributed by atoms with Gasteiger partial charge in [0.25, 0.3) is 5.56 Å². The van der Waals surface area contributed by atoms with Crippen molar-refractivity contribution in [3.63, 3.8) is 0 Å². The summed E-state index contributed by atoms with van der Waals surface area (Å²) in [7, 11) is -3.51. The van der Waals surface area contributed by atoms with Crippen molar-refractivity contribution in [2.24, 2.45) is 0 Å². The Morgan fingerprint density at radius 3 is 2.72 bits per heavy atom. The number of sulfone groups is 1. The Kier molecular flexibility index (Phi) is 3.92. The molecule has 0 amide bonds. The molecule has 0 spiro atoms. The van der Waals surface area contributed by atoms with Gasteiger partial charge in [-0.1, -0.05) is 42.1 Å². The predicted molar refractivity (Wildman–Crippen MR) is 99.0 cm³/mol. The van der Waals surface area contributed by atoms with E-state index in [2.05, 4.69) is 4.98 Å².